The Morgan fingerprint density at radius 2 is 1.93 bits per heavy atom. The van der Waals surface area contributed by atoms with Gasteiger partial charge >= 0.3 is 0 Å². The Bertz CT molecular complexity index is 455. The van der Waals surface area contributed by atoms with E-state index in [1.54, 1.807) is 18.5 Å². The van der Waals surface area contributed by atoms with Crippen LogP contribution in [0.25, 0.3) is 11.4 Å². The third-order valence-electron chi connectivity index (χ3n) is 1.94. The highest BCUT2D eigenvalue weighted by molar-refractivity contribution is 5.56. The third kappa shape index (κ3) is 2.08. The second kappa shape index (κ2) is 4.02. The van der Waals surface area contributed by atoms with Crippen LogP contribution in [-0.2, 0) is 0 Å². The van der Waals surface area contributed by atoms with E-state index in [4.69, 9.17) is 5.84 Å². The molecule has 2 aromatic heterocycles. The van der Waals surface area contributed by atoms with Crippen LogP contribution >= 0.6 is 0 Å². The van der Waals surface area contributed by atoms with Gasteiger partial charge in [0.05, 0.1) is 0 Å². The highest BCUT2D eigenvalue weighted by atomic mass is 15.3. The highest BCUT2D eigenvalue weighted by Crippen LogP contribution is 2.15. The molecule has 15 heavy (non-hydrogen) atoms. The van der Waals surface area contributed by atoms with Crippen molar-refractivity contribution in [2.75, 3.05) is 5.43 Å². The second-order valence-electron chi connectivity index (χ2n) is 3.10. The molecule has 5 heteroatoms. The Balaban J connectivity index is 2.49. The lowest BCUT2D eigenvalue weighted by Gasteiger charge is -2.04. The maximum absolute atomic E-state index is 5.31. The van der Waals surface area contributed by atoms with Crippen molar-refractivity contribution >= 4 is 5.82 Å². The standard InChI is InChI=1S/C10H11N5/c1-7-6-9(15-11)14-10(13-7)8-2-4-12-5-3-8/h2-6H,11H2,1H3,(H,13,14,15). The lowest BCUT2D eigenvalue weighted by atomic mass is 10.2. The van der Waals surface area contributed by atoms with Gasteiger partial charge < -0.3 is 5.43 Å². The summed E-state index contributed by atoms with van der Waals surface area (Å²) in [5.41, 5.74) is 4.30. The molecule has 0 saturated carbocycles. The number of hydrogen-bond acceptors (Lipinski definition) is 5. The Hall–Kier alpha value is -2.01. The summed E-state index contributed by atoms with van der Waals surface area (Å²) < 4.78 is 0. The van der Waals surface area contributed by atoms with Crippen molar-refractivity contribution in [1.29, 1.82) is 0 Å². The Labute approximate surface area is 87.4 Å². The molecule has 0 aromatic carbocycles. The van der Waals surface area contributed by atoms with Crippen molar-refractivity contribution < 1.29 is 0 Å². The van der Waals surface area contributed by atoms with Crippen molar-refractivity contribution in [3.8, 4) is 11.4 Å². The van der Waals surface area contributed by atoms with Gasteiger partial charge in [0.15, 0.2) is 5.82 Å². The first-order chi connectivity index (χ1) is 7.29. The zero-order valence-corrected chi connectivity index (χ0v) is 8.31. The van der Waals surface area contributed by atoms with Crippen LogP contribution in [0.4, 0.5) is 5.82 Å². The molecular formula is C10H11N5. The molecule has 0 unspecified atom stereocenters. The van der Waals surface area contributed by atoms with Gasteiger partial charge in [0.2, 0.25) is 0 Å². The number of nitrogens with two attached hydrogens (primary N) is 1. The molecule has 2 rings (SSSR count). The molecule has 2 heterocycles. The minimum atomic E-state index is 0.606. The van der Waals surface area contributed by atoms with E-state index in [1.807, 2.05) is 19.1 Å². The minimum absolute atomic E-state index is 0.606. The normalized spacial score (nSPS) is 10.0. The molecule has 3 N–H and O–H groups in total. The van der Waals surface area contributed by atoms with Crippen LogP contribution in [0.3, 0.4) is 0 Å². The van der Waals surface area contributed by atoms with Crippen LogP contribution in [0.5, 0.6) is 0 Å². The molecular weight excluding hydrogens is 190 g/mol. The predicted molar refractivity (Wildman–Crippen MR) is 57.8 cm³/mol. The van der Waals surface area contributed by atoms with Gasteiger partial charge in [-0.15, -0.1) is 0 Å². The number of nitrogen functional groups attached to an aromatic ring is 1. The number of nitrogens with one attached hydrogen (secondary N) is 1. The van der Waals surface area contributed by atoms with E-state index in [1.165, 1.54) is 0 Å². The van der Waals surface area contributed by atoms with Crippen molar-refractivity contribution in [3.05, 3.63) is 36.3 Å². The predicted octanol–water partition coefficient (Wildman–Crippen LogP) is 1.13. The molecule has 0 atom stereocenters. The first-order valence-electron chi connectivity index (χ1n) is 4.52. The average Bonchev–Trinajstić information content (AvgIpc) is 2.29. The van der Waals surface area contributed by atoms with Crippen LogP contribution < -0.4 is 11.3 Å². The lowest BCUT2D eigenvalue weighted by molar-refractivity contribution is 1.09. The zero-order valence-electron chi connectivity index (χ0n) is 8.31. The van der Waals surface area contributed by atoms with E-state index in [0.29, 0.717) is 11.6 Å². The summed E-state index contributed by atoms with van der Waals surface area (Å²) in [5, 5.41) is 0. The third-order valence-corrected chi connectivity index (χ3v) is 1.94. The summed E-state index contributed by atoms with van der Waals surface area (Å²) in [7, 11) is 0. The van der Waals surface area contributed by atoms with Crippen LogP contribution in [0.1, 0.15) is 5.69 Å². The molecule has 0 amide bonds. The van der Waals surface area contributed by atoms with Crippen molar-refractivity contribution in [2.24, 2.45) is 5.84 Å². The summed E-state index contributed by atoms with van der Waals surface area (Å²) in [6, 6.07) is 5.49. The highest BCUT2D eigenvalue weighted by Gasteiger charge is 2.03. The molecule has 5 nitrogen and oxygen atoms in total. The van der Waals surface area contributed by atoms with Gasteiger partial charge in [-0.2, -0.15) is 0 Å². The smallest absolute Gasteiger partial charge is 0.161 e. The summed E-state index contributed by atoms with van der Waals surface area (Å²) in [6.07, 6.45) is 3.41. The number of hydrazine groups is 1. The Morgan fingerprint density at radius 1 is 1.20 bits per heavy atom. The quantitative estimate of drug-likeness (QED) is 0.562. The number of nitrogens with zero attached hydrogens (tertiary/aromatic N) is 3. The fraction of sp³-hybridized carbons (Fsp3) is 0.100. The molecule has 0 aliphatic heterocycles. The van der Waals surface area contributed by atoms with Crippen LogP contribution in [0, 0.1) is 6.92 Å². The van der Waals surface area contributed by atoms with Crippen molar-refractivity contribution in [3.63, 3.8) is 0 Å². The van der Waals surface area contributed by atoms with Gasteiger partial charge in [-0.25, -0.2) is 15.8 Å². The monoisotopic (exact) mass is 201 g/mol. The van der Waals surface area contributed by atoms with Crippen LogP contribution in [0.15, 0.2) is 30.6 Å². The fourth-order valence-corrected chi connectivity index (χ4v) is 1.27. The Kier molecular flexibility index (Phi) is 2.55. The maximum Gasteiger partial charge on any atom is 0.161 e. The van der Waals surface area contributed by atoms with E-state index in [0.717, 1.165) is 11.3 Å². The van der Waals surface area contributed by atoms with Gasteiger partial charge in [0.1, 0.15) is 5.82 Å². The summed E-state index contributed by atoms with van der Waals surface area (Å²) in [6.45, 7) is 1.90. The number of aryl methyl sites for hydroxylation is 1. The van der Waals surface area contributed by atoms with Gasteiger partial charge in [-0.3, -0.25) is 4.98 Å². The molecule has 0 fully saturated rings. The average molecular weight is 201 g/mol. The number of pyridine rings is 1. The molecule has 0 aliphatic rings. The SMILES string of the molecule is Cc1cc(NN)nc(-c2ccncc2)n1. The molecule has 0 saturated heterocycles. The molecule has 0 radical (unpaired) electrons. The Morgan fingerprint density at radius 3 is 2.60 bits per heavy atom. The molecule has 2 aromatic rings. The maximum atomic E-state index is 5.31. The molecule has 0 aliphatic carbocycles. The van der Waals surface area contributed by atoms with E-state index in [2.05, 4.69) is 20.4 Å². The minimum Gasteiger partial charge on any atom is -0.308 e. The van der Waals surface area contributed by atoms with Gasteiger partial charge in [-0.1, -0.05) is 0 Å². The van der Waals surface area contributed by atoms with Crippen molar-refractivity contribution in [1.82, 2.24) is 15.0 Å². The zero-order chi connectivity index (χ0) is 10.7. The number of anilines is 1. The first kappa shape index (κ1) is 9.54. The topological polar surface area (TPSA) is 76.7 Å². The van der Waals surface area contributed by atoms with Crippen LogP contribution in [-0.4, -0.2) is 15.0 Å². The van der Waals surface area contributed by atoms with Crippen molar-refractivity contribution in [2.45, 2.75) is 6.92 Å². The van der Waals surface area contributed by atoms with E-state index >= 15 is 0 Å². The summed E-state index contributed by atoms with van der Waals surface area (Å²) in [4.78, 5) is 12.5. The first-order valence-corrected chi connectivity index (χ1v) is 4.52. The second-order valence-corrected chi connectivity index (χ2v) is 3.10. The number of aromatic nitrogens is 3. The van der Waals surface area contributed by atoms with Gasteiger partial charge in [0.25, 0.3) is 0 Å². The van der Waals surface area contributed by atoms with Gasteiger partial charge in [0, 0.05) is 29.7 Å². The largest absolute Gasteiger partial charge is 0.308 e. The number of rotatable bonds is 2. The van der Waals surface area contributed by atoms with Crippen LogP contribution in [0.2, 0.25) is 0 Å². The lowest BCUT2D eigenvalue weighted by Crippen LogP contribution is -2.09. The number of hydrogen-bond donors (Lipinski definition) is 2. The molecule has 0 spiro atoms. The van der Waals surface area contributed by atoms with E-state index < -0.39 is 0 Å². The van der Waals surface area contributed by atoms with Gasteiger partial charge in [-0.05, 0) is 19.1 Å². The fourth-order valence-electron chi connectivity index (χ4n) is 1.27. The summed E-state index contributed by atoms with van der Waals surface area (Å²) in [5.74, 6) is 6.56. The van der Waals surface area contributed by atoms with E-state index in [9.17, 15) is 0 Å². The van der Waals surface area contributed by atoms with E-state index in [-0.39, 0.29) is 0 Å². The molecule has 0 bridgehead atoms. The molecule has 76 valence electrons. The summed E-state index contributed by atoms with van der Waals surface area (Å²) >= 11 is 0.